The van der Waals surface area contributed by atoms with E-state index in [4.69, 9.17) is 23.2 Å². The smallest absolute Gasteiger partial charge is 0.268 e. The van der Waals surface area contributed by atoms with Crippen LogP contribution in [0, 0.1) is 6.92 Å². The van der Waals surface area contributed by atoms with Crippen LogP contribution in [0.5, 0.6) is 0 Å². The summed E-state index contributed by atoms with van der Waals surface area (Å²) in [6.45, 7) is 2.19. The van der Waals surface area contributed by atoms with Gasteiger partial charge in [0.1, 0.15) is 5.15 Å². The zero-order valence-corrected chi connectivity index (χ0v) is 10.1. The average Bonchev–Trinajstić information content (AvgIpc) is 2.47. The summed E-state index contributed by atoms with van der Waals surface area (Å²) in [5.74, 6) is 0. The lowest BCUT2D eigenvalue weighted by Crippen LogP contribution is -2.07. The lowest BCUT2D eigenvalue weighted by molar-refractivity contribution is 0.680. The van der Waals surface area contributed by atoms with E-state index in [0.29, 0.717) is 22.3 Å². The third-order valence-corrected chi connectivity index (χ3v) is 3.08. The van der Waals surface area contributed by atoms with Gasteiger partial charge in [-0.15, -0.1) is 0 Å². The highest BCUT2D eigenvalue weighted by Crippen LogP contribution is 2.15. The lowest BCUT2D eigenvalue weighted by atomic mass is 10.2. The van der Waals surface area contributed by atoms with Crippen molar-refractivity contribution in [2.75, 3.05) is 0 Å². The summed E-state index contributed by atoms with van der Waals surface area (Å²) in [6.07, 6.45) is 0. The summed E-state index contributed by atoms with van der Waals surface area (Å²) in [6, 6.07) is 7.43. The van der Waals surface area contributed by atoms with Crippen molar-refractivity contribution in [3.63, 3.8) is 0 Å². The maximum atomic E-state index is 11.3. The molecule has 2 aromatic rings. The van der Waals surface area contributed by atoms with E-state index in [2.05, 4.69) is 5.10 Å². The molecule has 16 heavy (non-hydrogen) atoms. The monoisotopic (exact) mass is 256 g/mol. The molecule has 0 spiro atoms. The highest BCUT2D eigenvalue weighted by Gasteiger charge is 2.08. The molecule has 0 saturated carbocycles. The van der Waals surface area contributed by atoms with Gasteiger partial charge in [-0.25, -0.2) is 0 Å². The van der Waals surface area contributed by atoms with E-state index in [1.807, 2.05) is 18.2 Å². The van der Waals surface area contributed by atoms with E-state index < -0.39 is 0 Å². The number of halogens is 2. The first kappa shape index (κ1) is 11.3. The van der Waals surface area contributed by atoms with Gasteiger partial charge in [-0.05, 0) is 24.6 Å². The first-order valence-corrected chi connectivity index (χ1v) is 5.53. The van der Waals surface area contributed by atoms with Gasteiger partial charge in [0, 0.05) is 5.02 Å². The number of rotatable bonds is 2. The molecule has 0 aliphatic rings. The lowest BCUT2D eigenvalue weighted by Gasteiger charge is -2.04. The third-order valence-electron chi connectivity index (χ3n) is 2.35. The predicted molar refractivity (Wildman–Crippen MR) is 65.4 cm³/mol. The Morgan fingerprint density at radius 3 is 2.69 bits per heavy atom. The SMILES string of the molecule is Cc1c(Cl)n(Cc2cccc(Cl)c2)[nH]c1=O. The van der Waals surface area contributed by atoms with Crippen LogP contribution in [-0.2, 0) is 6.54 Å². The van der Waals surface area contributed by atoms with Crippen LogP contribution < -0.4 is 5.56 Å². The molecule has 1 heterocycles. The molecular weight excluding hydrogens is 247 g/mol. The van der Waals surface area contributed by atoms with Gasteiger partial charge >= 0.3 is 0 Å². The Morgan fingerprint density at radius 1 is 1.38 bits per heavy atom. The van der Waals surface area contributed by atoms with Crippen LogP contribution in [0.4, 0.5) is 0 Å². The predicted octanol–water partition coefficient (Wildman–Crippen LogP) is 2.84. The zero-order chi connectivity index (χ0) is 11.7. The van der Waals surface area contributed by atoms with Gasteiger partial charge in [0.05, 0.1) is 12.1 Å². The zero-order valence-electron chi connectivity index (χ0n) is 8.63. The highest BCUT2D eigenvalue weighted by atomic mass is 35.5. The Labute approximate surface area is 103 Å². The van der Waals surface area contributed by atoms with Crippen molar-refractivity contribution in [1.29, 1.82) is 0 Å². The van der Waals surface area contributed by atoms with Gasteiger partial charge in [0.15, 0.2) is 0 Å². The molecule has 0 aliphatic carbocycles. The molecule has 1 aromatic heterocycles. The Bertz CT molecular complexity index is 572. The molecule has 0 atom stereocenters. The van der Waals surface area contributed by atoms with Crippen molar-refractivity contribution < 1.29 is 0 Å². The number of nitrogens with one attached hydrogen (secondary N) is 1. The van der Waals surface area contributed by atoms with Crippen molar-refractivity contribution in [3.05, 3.63) is 55.9 Å². The summed E-state index contributed by atoms with van der Waals surface area (Å²) in [5.41, 5.74) is 1.36. The minimum absolute atomic E-state index is 0.160. The molecule has 0 amide bonds. The molecule has 0 fully saturated rings. The number of nitrogens with zero attached hydrogens (tertiary/aromatic N) is 1. The molecule has 0 radical (unpaired) electrons. The maximum Gasteiger partial charge on any atom is 0.268 e. The Morgan fingerprint density at radius 2 is 2.12 bits per heavy atom. The minimum atomic E-state index is -0.160. The molecule has 2 rings (SSSR count). The molecule has 0 unspecified atom stereocenters. The van der Waals surface area contributed by atoms with Crippen molar-refractivity contribution >= 4 is 23.2 Å². The van der Waals surface area contributed by atoms with Crippen molar-refractivity contribution in [3.8, 4) is 0 Å². The van der Waals surface area contributed by atoms with E-state index in [1.165, 1.54) is 0 Å². The number of aromatic amines is 1. The minimum Gasteiger partial charge on any atom is -0.269 e. The summed E-state index contributed by atoms with van der Waals surface area (Å²) in [5, 5.41) is 3.77. The first-order valence-electron chi connectivity index (χ1n) is 4.77. The molecule has 5 heteroatoms. The fourth-order valence-electron chi connectivity index (χ4n) is 1.48. The summed E-state index contributed by atoms with van der Waals surface area (Å²) in [4.78, 5) is 11.3. The van der Waals surface area contributed by atoms with Gasteiger partial charge in [0.25, 0.3) is 5.56 Å². The van der Waals surface area contributed by atoms with E-state index in [0.717, 1.165) is 5.56 Å². The van der Waals surface area contributed by atoms with Crippen molar-refractivity contribution in [2.45, 2.75) is 13.5 Å². The fraction of sp³-hybridized carbons (Fsp3) is 0.182. The first-order chi connectivity index (χ1) is 7.58. The second-order valence-corrected chi connectivity index (χ2v) is 4.37. The van der Waals surface area contributed by atoms with Crippen LogP contribution in [0.1, 0.15) is 11.1 Å². The molecule has 1 aromatic carbocycles. The summed E-state index contributed by atoms with van der Waals surface area (Å²) >= 11 is 11.9. The number of hydrogen-bond donors (Lipinski definition) is 1. The number of benzene rings is 1. The van der Waals surface area contributed by atoms with Crippen LogP contribution >= 0.6 is 23.2 Å². The van der Waals surface area contributed by atoms with Crippen LogP contribution in [-0.4, -0.2) is 9.78 Å². The number of H-pyrrole nitrogens is 1. The normalized spacial score (nSPS) is 10.7. The summed E-state index contributed by atoms with van der Waals surface area (Å²) < 4.78 is 1.60. The fourth-order valence-corrected chi connectivity index (χ4v) is 1.88. The van der Waals surface area contributed by atoms with Gasteiger partial charge in [-0.3, -0.25) is 14.6 Å². The second-order valence-electron chi connectivity index (χ2n) is 3.57. The largest absolute Gasteiger partial charge is 0.269 e. The van der Waals surface area contributed by atoms with Crippen LogP contribution in [0.3, 0.4) is 0 Å². The molecule has 0 aliphatic heterocycles. The quantitative estimate of drug-likeness (QED) is 0.882. The Balaban J connectivity index is 2.34. The molecule has 3 nitrogen and oxygen atoms in total. The second kappa shape index (κ2) is 4.36. The summed E-state index contributed by atoms with van der Waals surface area (Å²) in [7, 11) is 0. The van der Waals surface area contributed by atoms with Gasteiger partial charge in [-0.2, -0.15) is 0 Å². The Hall–Kier alpha value is -1.19. The van der Waals surface area contributed by atoms with E-state index in [9.17, 15) is 4.79 Å². The average molecular weight is 257 g/mol. The van der Waals surface area contributed by atoms with E-state index >= 15 is 0 Å². The molecule has 0 saturated heterocycles. The van der Waals surface area contributed by atoms with Gasteiger partial charge in [0.2, 0.25) is 0 Å². The van der Waals surface area contributed by atoms with Crippen LogP contribution in [0.25, 0.3) is 0 Å². The van der Waals surface area contributed by atoms with E-state index in [1.54, 1.807) is 17.7 Å². The maximum absolute atomic E-state index is 11.3. The molecular formula is C11H10Cl2N2O. The topological polar surface area (TPSA) is 37.8 Å². The standard InChI is InChI=1S/C11H10Cl2N2O/c1-7-10(13)15(14-11(7)16)6-8-3-2-4-9(12)5-8/h2-5H,6H2,1H3,(H,14,16). The molecule has 1 N–H and O–H groups in total. The van der Waals surface area contributed by atoms with Crippen LogP contribution in [0.2, 0.25) is 10.2 Å². The van der Waals surface area contributed by atoms with E-state index in [-0.39, 0.29) is 5.56 Å². The van der Waals surface area contributed by atoms with Gasteiger partial charge < -0.3 is 0 Å². The third kappa shape index (κ3) is 2.15. The number of hydrogen-bond acceptors (Lipinski definition) is 1. The molecule has 0 bridgehead atoms. The molecule has 84 valence electrons. The van der Waals surface area contributed by atoms with Gasteiger partial charge in [-0.1, -0.05) is 35.3 Å². The Kier molecular flexibility index (Phi) is 3.08. The van der Waals surface area contributed by atoms with Crippen molar-refractivity contribution in [2.24, 2.45) is 0 Å². The number of aromatic nitrogens is 2. The van der Waals surface area contributed by atoms with Crippen LogP contribution in [0.15, 0.2) is 29.1 Å². The van der Waals surface area contributed by atoms with Crippen molar-refractivity contribution in [1.82, 2.24) is 9.78 Å². The highest BCUT2D eigenvalue weighted by molar-refractivity contribution is 6.30.